The molecule has 4 aromatic rings. The summed E-state index contributed by atoms with van der Waals surface area (Å²) in [5.41, 5.74) is -0.503. The van der Waals surface area contributed by atoms with Gasteiger partial charge in [0.1, 0.15) is 11.2 Å². The molecule has 2 aliphatic heterocycles. The zero-order chi connectivity index (χ0) is 22.4. The van der Waals surface area contributed by atoms with Crippen LogP contribution in [0.1, 0.15) is 0 Å². The van der Waals surface area contributed by atoms with E-state index >= 15 is 0 Å². The summed E-state index contributed by atoms with van der Waals surface area (Å²) < 4.78 is 11.7. The Bertz CT molecular complexity index is 1460. The van der Waals surface area contributed by atoms with Gasteiger partial charge in [-0.25, -0.2) is 19.3 Å². The molecule has 6 rings (SSSR count). The molecule has 0 saturated carbocycles. The Hall–Kier alpha value is -4.41. The van der Waals surface area contributed by atoms with E-state index in [0.717, 1.165) is 23.5 Å². The summed E-state index contributed by atoms with van der Waals surface area (Å²) in [6.07, 6.45) is 3.24. The number of hydrogen-bond donors (Lipinski definition) is 1. The number of benzene rings is 1. The van der Waals surface area contributed by atoms with E-state index in [9.17, 15) is 9.59 Å². The van der Waals surface area contributed by atoms with Crippen molar-refractivity contribution in [3.05, 3.63) is 69.6 Å². The van der Waals surface area contributed by atoms with Crippen LogP contribution in [0.5, 0.6) is 11.5 Å². The first kappa shape index (κ1) is 19.3. The molecule has 11 heteroatoms. The predicted octanol–water partition coefficient (Wildman–Crippen LogP) is 0.919. The van der Waals surface area contributed by atoms with Gasteiger partial charge in [-0.3, -0.25) is 9.78 Å². The fraction of sp³-hybridized carbons (Fsp3) is 0.227. The van der Waals surface area contributed by atoms with Crippen molar-refractivity contribution in [1.82, 2.24) is 24.5 Å². The first-order chi connectivity index (χ1) is 16.2. The Balaban J connectivity index is 1.30. The Kier molecular flexibility index (Phi) is 4.45. The number of ether oxygens (including phenoxy) is 2. The summed E-state index contributed by atoms with van der Waals surface area (Å²) in [5.74, 6) is 2.46. The summed E-state index contributed by atoms with van der Waals surface area (Å²) in [7, 11) is 0. The minimum absolute atomic E-state index is 0.106. The number of H-pyrrole nitrogens is 1. The molecule has 0 atom stereocenters. The lowest BCUT2D eigenvalue weighted by Crippen LogP contribution is -2.47. The maximum atomic E-state index is 13.1. The van der Waals surface area contributed by atoms with Gasteiger partial charge < -0.3 is 19.3 Å². The average molecular weight is 445 g/mol. The SMILES string of the molecule is O=c1[nH]c2nc(N3CCN(c4ccccn4)CC3)ncc2c(=O)n1-c1ccc2c(c1)OCO2. The van der Waals surface area contributed by atoms with Crippen LogP contribution in [0.15, 0.2) is 58.4 Å². The van der Waals surface area contributed by atoms with E-state index in [0.29, 0.717) is 36.2 Å². The lowest BCUT2D eigenvalue weighted by molar-refractivity contribution is 0.174. The second kappa shape index (κ2) is 7.62. The minimum atomic E-state index is -0.587. The Morgan fingerprint density at radius 1 is 0.909 bits per heavy atom. The number of aromatic amines is 1. The zero-order valence-electron chi connectivity index (χ0n) is 17.5. The molecule has 1 fully saturated rings. The highest BCUT2D eigenvalue weighted by Crippen LogP contribution is 2.33. The number of rotatable bonds is 3. The normalized spacial score (nSPS) is 15.3. The molecular formula is C22H19N7O4. The topological polar surface area (TPSA) is 118 Å². The smallest absolute Gasteiger partial charge is 0.334 e. The molecule has 0 bridgehead atoms. The van der Waals surface area contributed by atoms with Gasteiger partial charge in [0, 0.05) is 44.6 Å². The van der Waals surface area contributed by atoms with Crippen LogP contribution in [-0.4, -0.2) is 57.5 Å². The van der Waals surface area contributed by atoms with Crippen molar-refractivity contribution in [1.29, 1.82) is 0 Å². The third kappa shape index (κ3) is 3.34. The van der Waals surface area contributed by atoms with Crippen LogP contribution in [0.2, 0.25) is 0 Å². The molecule has 11 nitrogen and oxygen atoms in total. The Morgan fingerprint density at radius 2 is 1.73 bits per heavy atom. The second-order valence-corrected chi connectivity index (χ2v) is 7.70. The van der Waals surface area contributed by atoms with E-state index in [2.05, 4.69) is 24.8 Å². The van der Waals surface area contributed by atoms with Gasteiger partial charge in [-0.2, -0.15) is 4.98 Å². The van der Waals surface area contributed by atoms with Gasteiger partial charge in [0.05, 0.1) is 5.69 Å². The molecule has 0 unspecified atom stereocenters. The van der Waals surface area contributed by atoms with Crippen molar-refractivity contribution in [2.45, 2.75) is 0 Å². The molecule has 0 amide bonds. The third-order valence-corrected chi connectivity index (χ3v) is 5.79. The summed E-state index contributed by atoms with van der Waals surface area (Å²) in [6, 6.07) is 10.7. The van der Waals surface area contributed by atoms with E-state index in [1.165, 1.54) is 6.20 Å². The highest BCUT2D eigenvalue weighted by Gasteiger charge is 2.21. The Labute approximate surface area is 186 Å². The quantitative estimate of drug-likeness (QED) is 0.491. The standard InChI is InChI=1S/C22H19N7O4/c30-20-15-12-24-21(28-9-7-27(8-10-28)18-3-1-2-6-23-18)25-19(15)26-22(31)29(20)14-4-5-16-17(11-14)33-13-32-16/h1-6,11-12H,7-10,13H2,(H,24,25,26,31). The second-order valence-electron chi connectivity index (χ2n) is 7.70. The van der Waals surface area contributed by atoms with E-state index in [4.69, 9.17) is 9.47 Å². The molecule has 1 N–H and O–H groups in total. The maximum Gasteiger partial charge on any atom is 0.334 e. The number of pyridine rings is 1. The largest absolute Gasteiger partial charge is 0.454 e. The van der Waals surface area contributed by atoms with Gasteiger partial charge in [-0.05, 0) is 24.3 Å². The van der Waals surface area contributed by atoms with E-state index in [1.807, 2.05) is 23.1 Å². The lowest BCUT2D eigenvalue weighted by Gasteiger charge is -2.35. The molecule has 0 radical (unpaired) electrons. The van der Waals surface area contributed by atoms with Crippen molar-refractivity contribution >= 4 is 22.8 Å². The number of piperazine rings is 1. The summed E-state index contributed by atoms with van der Waals surface area (Å²) in [5, 5.41) is 0.225. The van der Waals surface area contributed by atoms with Crippen LogP contribution < -0.4 is 30.5 Å². The maximum absolute atomic E-state index is 13.1. The van der Waals surface area contributed by atoms with Crippen LogP contribution >= 0.6 is 0 Å². The summed E-state index contributed by atoms with van der Waals surface area (Å²) >= 11 is 0. The summed E-state index contributed by atoms with van der Waals surface area (Å²) in [4.78, 5) is 46.1. The molecule has 0 aliphatic carbocycles. The fourth-order valence-electron chi connectivity index (χ4n) is 4.08. The van der Waals surface area contributed by atoms with E-state index in [1.54, 1.807) is 24.4 Å². The number of fused-ring (bicyclic) bond motifs is 2. The van der Waals surface area contributed by atoms with Gasteiger partial charge in [-0.1, -0.05) is 6.07 Å². The van der Waals surface area contributed by atoms with Crippen LogP contribution in [0.25, 0.3) is 16.7 Å². The molecule has 0 spiro atoms. The van der Waals surface area contributed by atoms with Crippen molar-refractivity contribution in [2.24, 2.45) is 0 Å². The van der Waals surface area contributed by atoms with E-state index in [-0.39, 0.29) is 17.8 Å². The van der Waals surface area contributed by atoms with Gasteiger partial charge in [0.15, 0.2) is 17.1 Å². The first-order valence-electron chi connectivity index (χ1n) is 10.5. The third-order valence-electron chi connectivity index (χ3n) is 5.79. The van der Waals surface area contributed by atoms with Gasteiger partial charge in [-0.15, -0.1) is 0 Å². The molecule has 1 aromatic carbocycles. The highest BCUT2D eigenvalue weighted by atomic mass is 16.7. The molecule has 2 aliphatic rings. The number of aromatic nitrogens is 5. The average Bonchev–Trinajstić information content (AvgIpc) is 3.32. The van der Waals surface area contributed by atoms with Gasteiger partial charge in [0.2, 0.25) is 12.7 Å². The first-order valence-corrected chi connectivity index (χ1v) is 10.5. The number of anilines is 2. The summed E-state index contributed by atoms with van der Waals surface area (Å²) in [6.45, 7) is 3.02. The molecule has 33 heavy (non-hydrogen) atoms. The highest BCUT2D eigenvalue weighted by molar-refractivity contribution is 5.74. The van der Waals surface area contributed by atoms with Crippen LogP contribution in [0.3, 0.4) is 0 Å². The van der Waals surface area contributed by atoms with Crippen LogP contribution in [0.4, 0.5) is 11.8 Å². The van der Waals surface area contributed by atoms with Crippen LogP contribution in [0, 0.1) is 0 Å². The number of nitrogens with one attached hydrogen (secondary N) is 1. The molecule has 3 aromatic heterocycles. The predicted molar refractivity (Wildman–Crippen MR) is 121 cm³/mol. The lowest BCUT2D eigenvalue weighted by atomic mass is 10.2. The van der Waals surface area contributed by atoms with Gasteiger partial charge in [0.25, 0.3) is 5.56 Å². The van der Waals surface area contributed by atoms with Crippen molar-refractivity contribution < 1.29 is 9.47 Å². The molecular weight excluding hydrogens is 426 g/mol. The van der Waals surface area contributed by atoms with Crippen molar-refractivity contribution in [2.75, 3.05) is 42.8 Å². The van der Waals surface area contributed by atoms with Crippen LogP contribution in [-0.2, 0) is 0 Å². The van der Waals surface area contributed by atoms with Gasteiger partial charge >= 0.3 is 5.69 Å². The Morgan fingerprint density at radius 3 is 2.55 bits per heavy atom. The molecule has 5 heterocycles. The molecule has 166 valence electrons. The van der Waals surface area contributed by atoms with Crippen molar-refractivity contribution in [3.63, 3.8) is 0 Å². The zero-order valence-corrected chi connectivity index (χ0v) is 17.5. The number of nitrogens with zero attached hydrogens (tertiary/aromatic N) is 6. The minimum Gasteiger partial charge on any atom is -0.454 e. The fourth-order valence-corrected chi connectivity index (χ4v) is 4.08. The monoisotopic (exact) mass is 445 g/mol. The molecule has 1 saturated heterocycles. The van der Waals surface area contributed by atoms with Crippen molar-refractivity contribution in [3.8, 4) is 17.2 Å². The van der Waals surface area contributed by atoms with E-state index < -0.39 is 11.2 Å². The number of hydrogen-bond acceptors (Lipinski definition) is 9.